The van der Waals surface area contributed by atoms with Crippen LogP contribution in [0.4, 0.5) is 0 Å². The van der Waals surface area contributed by atoms with Crippen molar-refractivity contribution in [2.75, 3.05) is 39.6 Å². The van der Waals surface area contributed by atoms with Gasteiger partial charge in [-0.2, -0.15) is 0 Å². The third-order valence-electron chi connectivity index (χ3n) is 10.3. The predicted octanol–water partition coefficient (Wildman–Crippen LogP) is 9.27. The Kier molecular flexibility index (Phi) is 7.78. The molecule has 4 aromatic heterocycles. The predicted molar refractivity (Wildman–Crippen MR) is 213 cm³/mol. The van der Waals surface area contributed by atoms with Crippen LogP contribution in [0.2, 0.25) is 0 Å². The molecule has 0 aliphatic heterocycles. The Morgan fingerprint density at radius 2 is 0.704 bits per heavy atom. The van der Waals surface area contributed by atoms with Crippen LogP contribution in [0.25, 0.3) is 87.2 Å². The van der Waals surface area contributed by atoms with Crippen molar-refractivity contribution in [3.63, 3.8) is 0 Å². The van der Waals surface area contributed by atoms with Gasteiger partial charge in [0.15, 0.2) is 0 Å². The molecule has 10 heteroatoms. The van der Waals surface area contributed by atoms with Gasteiger partial charge in [0.05, 0.1) is 59.6 Å². The molecule has 0 radical (unpaired) electrons. The van der Waals surface area contributed by atoms with Gasteiger partial charge in [-0.1, -0.05) is 72.8 Å². The summed E-state index contributed by atoms with van der Waals surface area (Å²) in [6.07, 6.45) is 0. The molecule has 4 N–H and O–H groups in total. The summed E-state index contributed by atoms with van der Waals surface area (Å²) in [5.74, 6) is -0.827. The first kappa shape index (κ1) is 32.1. The Morgan fingerprint density at radius 3 is 1.13 bits per heavy atom. The first-order valence-electron chi connectivity index (χ1n) is 18.0. The minimum atomic E-state index is -0.414. The highest BCUT2D eigenvalue weighted by atomic mass is 16.6. The lowest BCUT2D eigenvalue weighted by molar-refractivity contribution is 0.00230. The minimum Gasteiger partial charge on any atom is -0.460 e. The Morgan fingerprint density at radius 1 is 0.370 bits per heavy atom. The number of carbonyl (C=O) groups excluding carboxylic acids is 2. The van der Waals surface area contributed by atoms with Gasteiger partial charge in [-0.3, -0.25) is 0 Å². The molecule has 0 atom stereocenters. The summed E-state index contributed by atoms with van der Waals surface area (Å²) in [7, 11) is 0. The quantitative estimate of drug-likeness (QED) is 0.0780. The number of hydrogen-bond donors (Lipinski definition) is 4. The molecule has 0 spiro atoms. The van der Waals surface area contributed by atoms with E-state index in [0.29, 0.717) is 24.3 Å². The van der Waals surface area contributed by atoms with Gasteiger partial charge in [0.1, 0.15) is 13.2 Å². The highest BCUT2D eigenvalue weighted by Crippen LogP contribution is 2.36. The summed E-state index contributed by atoms with van der Waals surface area (Å²) in [5, 5.41) is 8.93. The highest BCUT2D eigenvalue weighted by molar-refractivity contribution is 6.23. The van der Waals surface area contributed by atoms with E-state index < -0.39 is 11.9 Å². The number of benzene rings is 6. The lowest BCUT2D eigenvalue weighted by Crippen LogP contribution is -2.15. The van der Waals surface area contributed by atoms with Gasteiger partial charge in [-0.25, -0.2) is 9.59 Å². The minimum absolute atomic E-state index is 0.115. The maximum Gasteiger partial charge on any atom is 0.338 e. The van der Waals surface area contributed by atoms with Crippen LogP contribution in [0.3, 0.4) is 0 Å². The monoisotopic (exact) mass is 714 g/mol. The van der Waals surface area contributed by atoms with Crippen molar-refractivity contribution < 1.29 is 28.5 Å². The normalized spacial score (nSPS) is 12.1. The van der Waals surface area contributed by atoms with Crippen LogP contribution in [-0.4, -0.2) is 71.5 Å². The van der Waals surface area contributed by atoms with Gasteiger partial charge in [0, 0.05) is 65.2 Å². The maximum absolute atomic E-state index is 12.8. The standard InChI is InChI=1S/C44H34N4O6/c49-43(25-9-11-29-33-15-13-31-27-5-1-3-7-35(27)45-39(31)41(33)47-37(29)23-25)53-21-19-51-17-18-52-20-22-54-44(50)26-10-12-30-34-16-14-32-28-6-2-4-8-36(28)46-40(32)42(34)48-38(30)24-26/h1-16,23-24,45-48H,17-22H2. The molecule has 0 saturated carbocycles. The number of fused-ring (bicyclic) bond motifs is 14. The van der Waals surface area contributed by atoms with E-state index in [1.807, 2.05) is 48.5 Å². The SMILES string of the molecule is O=C(OCCOCCOCCOC(=O)c1ccc2c(c1)[nH]c1c2ccc2c3ccccc3[nH]c21)c1ccc2c(c1)[nH]c1c2ccc2c3ccccc3[nH]c21. The number of carbonyl (C=O) groups is 2. The molecule has 0 bridgehead atoms. The number of rotatable bonds is 11. The second-order valence-electron chi connectivity index (χ2n) is 13.4. The largest absolute Gasteiger partial charge is 0.460 e. The fraction of sp³-hybridized carbons (Fsp3) is 0.136. The third-order valence-corrected chi connectivity index (χ3v) is 10.3. The maximum atomic E-state index is 12.8. The van der Waals surface area contributed by atoms with Crippen LogP contribution in [0.15, 0.2) is 109 Å². The first-order chi connectivity index (χ1) is 26.6. The molecular formula is C44H34N4O6. The van der Waals surface area contributed by atoms with Crippen molar-refractivity contribution in [2.24, 2.45) is 0 Å². The number of aromatic amines is 4. The van der Waals surface area contributed by atoms with Crippen LogP contribution in [0.1, 0.15) is 20.7 Å². The average Bonchev–Trinajstić information content (AvgIpc) is 3.97. The highest BCUT2D eigenvalue weighted by Gasteiger charge is 2.16. The summed E-state index contributed by atoms with van der Waals surface area (Å²) in [5.41, 5.74) is 8.94. The van der Waals surface area contributed by atoms with E-state index >= 15 is 0 Å². The molecule has 0 saturated heterocycles. The molecule has 10 rings (SSSR count). The molecule has 0 unspecified atom stereocenters. The van der Waals surface area contributed by atoms with Gasteiger partial charge in [0.25, 0.3) is 0 Å². The fourth-order valence-corrected chi connectivity index (χ4v) is 7.71. The lowest BCUT2D eigenvalue weighted by Gasteiger charge is -2.08. The average molecular weight is 715 g/mol. The Hall–Kier alpha value is -6.62. The van der Waals surface area contributed by atoms with Crippen LogP contribution in [0, 0.1) is 0 Å². The van der Waals surface area contributed by atoms with Crippen LogP contribution in [-0.2, 0) is 18.9 Å². The number of H-pyrrole nitrogens is 4. The molecule has 54 heavy (non-hydrogen) atoms. The summed E-state index contributed by atoms with van der Waals surface area (Å²) in [4.78, 5) is 39.7. The summed E-state index contributed by atoms with van der Waals surface area (Å²) < 4.78 is 22.1. The Bertz CT molecular complexity index is 2870. The molecule has 10 aromatic rings. The number of esters is 2. The van der Waals surface area contributed by atoms with Crippen molar-refractivity contribution in [1.29, 1.82) is 0 Å². The smallest absolute Gasteiger partial charge is 0.338 e. The molecule has 0 amide bonds. The van der Waals surface area contributed by atoms with Crippen molar-refractivity contribution in [2.45, 2.75) is 0 Å². The van der Waals surface area contributed by atoms with Crippen LogP contribution in [0.5, 0.6) is 0 Å². The number of ether oxygens (including phenoxy) is 4. The van der Waals surface area contributed by atoms with Crippen molar-refractivity contribution in [1.82, 2.24) is 19.9 Å². The summed E-state index contributed by atoms with van der Waals surface area (Å²) in [6.45, 7) is 1.33. The second-order valence-corrected chi connectivity index (χ2v) is 13.4. The second kappa shape index (κ2) is 13.1. The summed E-state index contributed by atoms with van der Waals surface area (Å²) >= 11 is 0. The van der Waals surface area contributed by atoms with E-state index in [2.05, 4.69) is 68.5 Å². The van der Waals surface area contributed by atoms with E-state index in [4.69, 9.17) is 18.9 Å². The van der Waals surface area contributed by atoms with Gasteiger partial charge >= 0.3 is 11.9 Å². The van der Waals surface area contributed by atoms with E-state index in [1.165, 1.54) is 10.8 Å². The number of nitrogens with one attached hydrogen (secondary N) is 4. The lowest BCUT2D eigenvalue weighted by atomic mass is 10.1. The fourth-order valence-electron chi connectivity index (χ4n) is 7.71. The van der Waals surface area contributed by atoms with Crippen molar-refractivity contribution in [3.8, 4) is 0 Å². The van der Waals surface area contributed by atoms with E-state index in [-0.39, 0.29) is 26.4 Å². The zero-order valence-electron chi connectivity index (χ0n) is 29.1. The molecular weight excluding hydrogens is 681 g/mol. The molecule has 266 valence electrons. The van der Waals surface area contributed by atoms with E-state index in [0.717, 1.165) is 76.5 Å². The molecule has 0 aliphatic rings. The number of hydrogen-bond acceptors (Lipinski definition) is 6. The Balaban J connectivity index is 0.675. The number of aromatic nitrogens is 4. The zero-order valence-corrected chi connectivity index (χ0v) is 29.1. The first-order valence-corrected chi connectivity index (χ1v) is 18.0. The molecule has 0 fully saturated rings. The van der Waals surface area contributed by atoms with Crippen molar-refractivity contribution >= 4 is 99.2 Å². The van der Waals surface area contributed by atoms with Crippen molar-refractivity contribution in [3.05, 3.63) is 120 Å². The number of para-hydroxylation sites is 2. The molecule has 4 heterocycles. The summed E-state index contributed by atoms with van der Waals surface area (Å²) in [6, 6.07) is 36.2. The van der Waals surface area contributed by atoms with Gasteiger partial charge in [-0.15, -0.1) is 0 Å². The third kappa shape index (κ3) is 5.42. The van der Waals surface area contributed by atoms with Gasteiger partial charge < -0.3 is 38.9 Å². The molecule has 6 aromatic carbocycles. The van der Waals surface area contributed by atoms with Crippen LogP contribution < -0.4 is 0 Å². The van der Waals surface area contributed by atoms with Gasteiger partial charge in [0.2, 0.25) is 0 Å². The van der Waals surface area contributed by atoms with E-state index in [9.17, 15) is 9.59 Å². The van der Waals surface area contributed by atoms with Gasteiger partial charge in [-0.05, 0) is 36.4 Å². The Labute approximate surface area is 306 Å². The molecule has 10 nitrogen and oxygen atoms in total. The molecule has 0 aliphatic carbocycles. The zero-order chi connectivity index (χ0) is 36.2. The van der Waals surface area contributed by atoms with E-state index in [1.54, 1.807) is 12.1 Å². The van der Waals surface area contributed by atoms with Crippen LogP contribution >= 0.6 is 0 Å². The topological polar surface area (TPSA) is 134 Å².